The monoisotopic (exact) mass is 523 g/mol. The minimum absolute atomic E-state index is 0.194. The number of aromatic amines is 2. The third kappa shape index (κ3) is 4.19. The third-order valence-corrected chi connectivity index (χ3v) is 7.01. The Balaban J connectivity index is 1.26. The first-order valence-electron chi connectivity index (χ1n) is 12.8. The van der Waals surface area contributed by atoms with Gasteiger partial charge in [-0.2, -0.15) is 5.10 Å². The van der Waals surface area contributed by atoms with Gasteiger partial charge in [0.1, 0.15) is 11.5 Å². The molecule has 0 saturated heterocycles. The van der Waals surface area contributed by atoms with Crippen molar-refractivity contribution in [2.24, 2.45) is 0 Å². The highest BCUT2D eigenvalue weighted by molar-refractivity contribution is 6.05. The molecule has 0 spiro atoms. The Morgan fingerprint density at radius 2 is 1.55 bits per heavy atom. The van der Waals surface area contributed by atoms with Crippen LogP contribution in [0.15, 0.2) is 116 Å². The summed E-state index contributed by atoms with van der Waals surface area (Å²) in [6, 6.07) is 31.6. The fraction of sp³-hybridized carbons (Fsp3) is 0. The van der Waals surface area contributed by atoms with E-state index in [-0.39, 0.29) is 11.7 Å². The standard InChI is InChI=1S/C33H22FN5O/c34-28-11-5-4-9-25(28)24-10-6-12-29-26(24)17-31(37-29)32-27-16-21(13-14-30(27)38-39-32)22-15-23(19-35-18-22)36-33(40)20-7-2-1-3-8-20/h1-19,37H,(H,36,40)(H,38,39). The van der Waals surface area contributed by atoms with Crippen LogP contribution in [0.25, 0.3) is 55.4 Å². The molecule has 4 aromatic carbocycles. The van der Waals surface area contributed by atoms with E-state index >= 15 is 0 Å². The van der Waals surface area contributed by atoms with Crippen LogP contribution in [0.4, 0.5) is 10.1 Å². The highest BCUT2D eigenvalue weighted by Crippen LogP contribution is 2.36. The maximum absolute atomic E-state index is 14.6. The van der Waals surface area contributed by atoms with Crippen molar-refractivity contribution in [1.82, 2.24) is 20.2 Å². The number of H-pyrrole nitrogens is 2. The molecule has 6 nitrogen and oxygen atoms in total. The lowest BCUT2D eigenvalue weighted by molar-refractivity contribution is 0.102. The number of carbonyl (C=O) groups is 1. The molecule has 3 heterocycles. The zero-order valence-electron chi connectivity index (χ0n) is 21.2. The summed E-state index contributed by atoms with van der Waals surface area (Å²) in [4.78, 5) is 20.5. The second-order valence-electron chi connectivity index (χ2n) is 9.54. The molecule has 0 radical (unpaired) electrons. The lowest BCUT2D eigenvalue weighted by Gasteiger charge is -2.08. The third-order valence-electron chi connectivity index (χ3n) is 7.01. The van der Waals surface area contributed by atoms with E-state index in [1.54, 1.807) is 36.7 Å². The summed E-state index contributed by atoms with van der Waals surface area (Å²) in [5.74, 6) is -0.455. The number of amides is 1. The number of anilines is 1. The van der Waals surface area contributed by atoms with E-state index in [4.69, 9.17) is 0 Å². The van der Waals surface area contributed by atoms with Gasteiger partial charge in [0, 0.05) is 39.2 Å². The zero-order chi connectivity index (χ0) is 27.1. The number of fused-ring (bicyclic) bond motifs is 2. The molecule has 0 fully saturated rings. The fourth-order valence-corrected chi connectivity index (χ4v) is 5.06. The Kier molecular flexibility index (Phi) is 5.67. The lowest BCUT2D eigenvalue weighted by Crippen LogP contribution is -2.11. The first-order chi connectivity index (χ1) is 19.6. The van der Waals surface area contributed by atoms with Crippen LogP contribution in [-0.2, 0) is 0 Å². The molecule has 192 valence electrons. The molecule has 7 heteroatoms. The Morgan fingerprint density at radius 1 is 0.725 bits per heavy atom. The number of hydrogen-bond donors (Lipinski definition) is 3. The topological polar surface area (TPSA) is 86.5 Å². The molecule has 3 aromatic heterocycles. The largest absolute Gasteiger partial charge is 0.353 e. The number of nitrogens with one attached hydrogen (secondary N) is 3. The average molecular weight is 524 g/mol. The normalized spacial score (nSPS) is 11.2. The number of nitrogens with zero attached hydrogens (tertiary/aromatic N) is 2. The van der Waals surface area contributed by atoms with E-state index in [0.29, 0.717) is 16.8 Å². The van der Waals surface area contributed by atoms with E-state index in [0.717, 1.165) is 49.9 Å². The van der Waals surface area contributed by atoms with Gasteiger partial charge in [-0.05, 0) is 59.7 Å². The number of aromatic nitrogens is 4. The van der Waals surface area contributed by atoms with Crippen LogP contribution < -0.4 is 5.32 Å². The molecule has 0 bridgehead atoms. The Labute approximate surface area is 228 Å². The lowest BCUT2D eigenvalue weighted by atomic mass is 10.0. The van der Waals surface area contributed by atoms with Crippen molar-refractivity contribution < 1.29 is 9.18 Å². The second kappa shape index (κ2) is 9.63. The maximum atomic E-state index is 14.6. The summed E-state index contributed by atoms with van der Waals surface area (Å²) >= 11 is 0. The minimum atomic E-state index is -0.261. The van der Waals surface area contributed by atoms with Gasteiger partial charge in [0.15, 0.2) is 0 Å². The molecule has 0 saturated carbocycles. The van der Waals surface area contributed by atoms with Gasteiger partial charge in [-0.25, -0.2) is 4.39 Å². The van der Waals surface area contributed by atoms with Crippen molar-refractivity contribution in [2.75, 3.05) is 5.32 Å². The van der Waals surface area contributed by atoms with Gasteiger partial charge in [0.05, 0.1) is 23.1 Å². The van der Waals surface area contributed by atoms with E-state index in [9.17, 15) is 9.18 Å². The average Bonchev–Trinajstić information content (AvgIpc) is 3.62. The highest BCUT2D eigenvalue weighted by Gasteiger charge is 2.16. The second-order valence-corrected chi connectivity index (χ2v) is 9.54. The van der Waals surface area contributed by atoms with Crippen LogP contribution in [0.3, 0.4) is 0 Å². The molecular formula is C33H22FN5O. The molecule has 1 amide bonds. The van der Waals surface area contributed by atoms with Crippen molar-refractivity contribution in [3.63, 3.8) is 0 Å². The van der Waals surface area contributed by atoms with Crippen molar-refractivity contribution in [3.8, 4) is 33.6 Å². The number of rotatable bonds is 5. The number of halogens is 1. The van der Waals surface area contributed by atoms with E-state index < -0.39 is 0 Å². The van der Waals surface area contributed by atoms with Crippen LogP contribution in [0.5, 0.6) is 0 Å². The highest BCUT2D eigenvalue weighted by atomic mass is 19.1. The van der Waals surface area contributed by atoms with Crippen LogP contribution >= 0.6 is 0 Å². The molecule has 0 unspecified atom stereocenters. The molecule has 0 aliphatic heterocycles. The van der Waals surface area contributed by atoms with E-state index in [2.05, 4.69) is 31.5 Å². The van der Waals surface area contributed by atoms with Crippen LogP contribution in [0.1, 0.15) is 10.4 Å². The van der Waals surface area contributed by atoms with Crippen LogP contribution in [0.2, 0.25) is 0 Å². The molecule has 40 heavy (non-hydrogen) atoms. The van der Waals surface area contributed by atoms with Crippen molar-refractivity contribution >= 4 is 33.4 Å². The van der Waals surface area contributed by atoms with Crippen molar-refractivity contribution in [2.45, 2.75) is 0 Å². The first-order valence-corrected chi connectivity index (χ1v) is 12.8. The fourth-order valence-electron chi connectivity index (χ4n) is 5.06. The predicted molar refractivity (Wildman–Crippen MR) is 156 cm³/mol. The van der Waals surface area contributed by atoms with Gasteiger partial charge >= 0.3 is 0 Å². The van der Waals surface area contributed by atoms with Gasteiger partial charge in [-0.1, -0.05) is 54.6 Å². The molecule has 3 N–H and O–H groups in total. The van der Waals surface area contributed by atoms with Gasteiger partial charge in [0.2, 0.25) is 0 Å². The SMILES string of the molecule is O=C(Nc1cncc(-c2ccc3[nH]nc(-c4cc5c(-c6ccccc6F)cccc5[nH]4)c3c2)c1)c1ccccc1. The summed E-state index contributed by atoms with van der Waals surface area (Å²) in [5, 5.41) is 12.5. The molecule has 0 aliphatic carbocycles. The van der Waals surface area contributed by atoms with Crippen LogP contribution in [0, 0.1) is 5.82 Å². The van der Waals surface area contributed by atoms with E-state index in [1.165, 1.54) is 6.07 Å². The first kappa shape index (κ1) is 23.5. The molecule has 0 aliphatic rings. The van der Waals surface area contributed by atoms with Crippen LogP contribution in [-0.4, -0.2) is 26.1 Å². The molecule has 7 rings (SSSR count). The molecule has 0 atom stereocenters. The Morgan fingerprint density at radius 3 is 2.42 bits per heavy atom. The Hall–Kier alpha value is -5.56. The smallest absolute Gasteiger partial charge is 0.255 e. The van der Waals surface area contributed by atoms with Crippen molar-refractivity contribution in [1.29, 1.82) is 0 Å². The number of hydrogen-bond acceptors (Lipinski definition) is 3. The van der Waals surface area contributed by atoms with E-state index in [1.807, 2.05) is 66.7 Å². The summed E-state index contributed by atoms with van der Waals surface area (Å²) in [6.07, 6.45) is 3.40. The minimum Gasteiger partial charge on any atom is -0.353 e. The quantitative estimate of drug-likeness (QED) is 0.215. The number of carbonyl (C=O) groups excluding carboxylic acids is 1. The summed E-state index contributed by atoms with van der Waals surface area (Å²) in [5.41, 5.74) is 7.71. The van der Waals surface area contributed by atoms with Gasteiger partial charge < -0.3 is 10.3 Å². The maximum Gasteiger partial charge on any atom is 0.255 e. The summed E-state index contributed by atoms with van der Waals surface area (Å²) < 4.78 is 14.6. The Bertz CT molecular complexity index is 2030. The number of pyridine rings is 1. The van der Waals surface area contributed by atoms with Gasteiger partial charge in [-0.15, -0.1) is 0 Å². The zero-order valence-corrected chi connectivity index (χ0v) is 21.2. The van der Waals surface area contributed by atoms with Crippen molar-refractivity contribution in [3.05, 3.63) is 127 Å². The summed E-state index contributed by atoms with van der Waals surface area (Å²) in [6.45, 7) is 0. The molecular weight excluding hydrogens is 501 g/mol. The van der Waals surface area contributed by atoms with Gasteiger partial charge in [0.25, 0.3) is 5.91 Å². The summed E-state index contributed by atoms with van der Waals surface area (Å²) in [7, 11) is 0. The predicted octanol–water partition coefficient (Wildman–Crippen LogP) is 7.83. The number of benzene rings is 4. The molecule has 7 aromatic rings. The van der Waals surface area contributed by atoms with Gasteiger partial charge in [-0.3, -0.25) is 14.9 Å².